The van der Waals surface area contributed by atoms with Gasteiger partial charge in [0.1, 0.15) is 5.75 Å². The molecule has 0 aliphatic heterocycles. The van der Waals surface area contributed by atoms with E-state index in [1.165, 1.54) is 28.9 Å². The summed E-state index contributed by atoms with van der Waals surface area (Å²) >= 11 is 0. The predicted molar refractivity (Wildman–Crippen MR) is 85.2 cm³/mol. The van der Waals surface area contributed by atoms with Crippen molar-refractivity contribution in [2.75, 3.05) is 12.4 Å². The number of hydrogen-bond donors (Lipinski definition) is 1. The molecule has 11 nitrogen and oxygen atoms in total. The van der Waals surface area contributed by atoms with Gasteiger partial charge in [0.05, 0.1) is 7.11 Å². The zero-order chi connectivity index (χ0) is 17.8. The molecule has 2 aromatic heterocycles. The second-order valence-electron chi connectivity index (χ2n) is 4.91. The summed E-state index contributed by atoms with van der Waals surface area (Å²) in [5.74, 6) is -0.268. The Kier molecular flexibility index (Phi) is 4.37. The third-order valence-corrected chi connectivity index (χ3v) is 3.18. The van der Waals surface area contributed by atoms with Gasteiger partial charge in [-0.15, -0.1) is 0 Å². The molecule has 0 spiro atoms. The van der Waals surface area contributed by atoms with Crippen LogP contribution in [-0.2, 0) is 6.67 Å². The van der Waals surface area contributed by atoms with E-state index in [1.807, 2.05) is 0 Å². The first kappa shape index (κ1) is 16.1. The molecular weight excluding hydrogens is 330 g/mol. The summed E-state index contributed by atoms with van der Waals surface area (Å²) < 4.78 is 7.76. The van der Waals surface area contributed by atoms with Crippen molar-refractivity contribution in [2.24, 2.45) is 0 Å². The van der Waals surface area contributed by atoms with E-state index in [0.29, 0.717) is 11.4 Å². The van der Waals surface area contributed by atoms with Gasteiger partial charge in [0.25, 0.3) is 5.91 Å². The molecule has 1 amide bonds. The van der Waals surface area contributed by atoms with Crippen molar-refractivity contribution < 1.29 is 14.5 Å². The molecule has 0 atom stereocenters. The summed E-state index contributed by atoms with van der Waals surface area (Å²) in [5.41, 5.74) is 0.767. The predicted octanol–water partition coefficient (Wildman–Crippen LogP) is 1.15. The molecule has 0 saturated heterocycles. The maximum absolute atomic E-state index is 12.2. The largest absolute Gasteiger partial charge is 0.497 e. The fourth-order valence-electron chi connectivity index (χ4n) is 2.04. The van der Waals surface area contributed by atoms with E-state index in [2.05, 4.69) is 20.5 Å². The lowest BCUT2D eigenvalue weighted by Crippen LogP contribution is -2.15. The van der Waals surface area contributed by atoms with Gasteiger partial charge in [-0.1, -0.05) is 11.1 Å². The molecule has 0 radical (unpaired) electrons. The average molecular weight is 343 g/mol. The van der Waals surface area contributed by atoms with Gasteiger partial charge < -0.3 is 20.2 Å². The van der Waals surface area contributed by atoms with Crippen molar-refractivity contribution in [3.8, 4) is 5.75 Å². The zero-order valence-corrected chi connectivity index (χ0v) is 13.1. The van der Waals surface area contributed by atoms with Gasteiger partial charge in [0.2, 0.25) is 6.33 Å². The number of methoxy groups -OCH3 is 1. The molecule has 2 heterocycles. The van der Waals surface area contributed by atoms with Crippen molar-refractivity contribution in [3.05, 3.63) is 58.7 Å². The van der Waals surface area contributed by atoms with E-state index in [9.17, 15) is 14.9 Å². The lowest BCUT2D eigenvalue weighted by Gasteiger charge is -2.05. The normalized spacial score (nSPS) is 10.4. The number of nitrogens with zero attached hydrogens (tertiary/aromatic N) is 6. The van der Waals surface area contributed by atoms with Gasteiger partial charge in [-0.3, -0.25) is 4.79 Å². The molecule has 0 bridgehead atoms. The van der Waals surface area contributed by atoms with Crippen LogP contribution >= 0.6 is 0 Å². The number of rotatable bonds is 6. The van der Waals surface area contributed by atoms with Gasteiger partial charge in [-0.2, -0.15) is 9.78 Å². The van der Waals surface area contributed by atoms with E-state index in [-0.39, 0.29) is 12.4 Å². The number of benzene rings is 1. The quantitative estimate of drug-likeness (QED) is 0.525. The minimum Gasteiger partial charge on any atom is -0.497 e. The molecule has 0 fully saturated rings. The van der Waals surface area contributed by atoms with Crippen LogP contribution in [0.15, 0.2) is 42.9 Å². The van der Waals surface area contributed by atoms with Gasteiger partial charge in [-0.25, -0.2) is 4.68 Å². The second kappa shape index (κ2) is 6.78. The minimum absolute atomic E-state index is 0.0906. The standard InChI is InChI=1S/C14H13N7O4/c1-25-11-4-2-3-10(7-11)16-13(22)12-5-6-19(17-12)9-20-8-15-14(18-20)21(23)24/h2-8H,9H2,1H3,(H,16,22). The molecular formula is C14H13N7O4. The van der Waals surface area contributed by atoms with Crippen molar-refractivity contribution >= 4 is 17.5 Å². The number of nitrogens with one attached hydrogen (secondary N) is 1. The second-order valence-corrected chi connectivity index (χ2v) is 4.91. The molecule has 25 heavy (non-hydrogen) atoms. The van der Waals surface area contributed by atoms with E-state index in [1.54, 1.807) is 30.5 Å². The average Bonchev–Trinajstić information content (AvgIpc) is 3.25. The van der Waals surface area contributed by atoms with Crippen LogP contribution in [0.1, 0.15) is 10.5 Å². The topological polar surface area (TPSA) is 130 Å². The van der Waals surface area contributed by atoms with Crippen molar-refractivity contribution in [3.63, 3.8) is 0 Å². The van der Waals surface area contributed by atoms with Crippen LogP contribution in [0.2, 0.25) is 0 Å². The Balaban J connectivity index is 1.67. The summed E-state index contributed by atoms with van der Waals surface area (Å²) in [7, 11) is 1.54. The Morgan fingerprint density at radius 2 is 2.16 bits per heavy atom. The number of hydrogen-bond acceptors (Lipinski definition) is 7. The third kappa shape index (κ3) is 3.77. The smallest absolute Gasteiger partial charge is 0.491 e. The van der Waals surface area contributed by atoms with Crippen molar-refractivity contribution in [1.29, 1.82) is 0 Å². The van der Waals surface area contributed by atoms with Crippen LogP contribution in [0.3, 0.4) is 0 Å². The summed E-state index contributed by atoms with van der Waals surface area (Å²) in [6, 6.07) is 8.46. The van der Waals surface area contributed by atoms with Crippen LogP contribution in [0.4, 0.5) is 11.6 Å². The van der Waals surface area contributed by atoms with E-state index >= 15 is 0 Å². The van der Waals surface area contributed by atoms with Crippen LogP contribution in [-0.4, -0.2) is 42.5 Å². The molecule has 1 aromatic carbocycles. The maximum Gasteiger partial charge on any atom is 0.491 e. The highest BCUT2D eigenvalue weighted by Crippen LogP contribution is 2.17. The Morgan fingerprint density at radius 1 is 1.32 bits per heavy atom. The SMILES string of the molecule is COc1cccc(NC(=O)c2ccn(Cn3cnc([N+](=O)[O-])n3)n2)c1. The Hall–Kier alpha value is -3.76. The number of amides is 1. The minimum atomic E-state index is -0.688. The number of carbonyl (C=O) groups excluding carboxylic acids is 1. The molecule has 0 aliphatic rings. The van der Waals surface area contributed by atoms with Crippen molar-refractivity contribution in [1.82, 2.24) is 24.5 Å². The van der Waals surface area contributed by atoms with E-state index in [0.717, 1.165) is 0 Å². The lowest BCUT2D eigenvalue weighted by atomic mass is 10.3. The van der Waals surface area contributed by atoms with Gasteiger partial charge in [-0.05, 0) is 23.1 Å². The fourth-order valence-corrected chi connectivity index (χ4v) is 2.04. The summed E-state index contributed by atoms with van der Waals surface area (Å²) in [4.78, 5) is 25.6. The fraction of sp³-hybridized carbons (Fsp3) is 0.143. The lowest BCUT2D eigenvalue weighted by molar-refractivity contribution is -0.394. The first-order chi connectivity index (χ1) is 12.0. The molecule has 3 aromatic rings. The highest BCUT2D eigenvalue weighted by molar-refractivity contribution is 6.02. The first-order valence-corrected chi connectivity index (χ1v) is 7.08. The Morgan fingerprint density at radius 3 is 2.88 bits per heavy atom. The molecule has 3 rings (SSSR count). The third-order valence-electron chi connectivity index (χ3n) is 3.18. The highest BCUT2D eigenvalue weighted by Gasteiger charge is 2.15. The first-order valence-electron chi connectivity index (χ1n) is 7.08. The number of anilines is 1. The molecule has 0 aliphatic carbocycles. The monoisotopic (exact) mass is 343 g/mol. The summed E-state index contributed by atoms with van der Waals surface area (Å²) in [6.45, 7) is 0.0906. The Labute approximate surface area is 141 Å². The number of ether oxygens (including phenoxy) is 1. The number of carbonyl (C=O) groups is 1. The molecule has 1 N–H and O–H groups in total. The maximum atomic E-state index is 12.2. The summed E-state index contributed by atoms with van der Waals surface area (Å²) in [6.07, 6.45) is 2.78. The van der Waals surface area contributed by atoms with Crippen LogP contribution in [0.5, 0.6) is 5.75 Å². The van der Waals surface area contributed by atoms with E-state index in [4.69, 9.17) is 4.74 Å². The number of aromatic nitrogens is 5. The molecule has 11 heteroatoms. The van der Waals surface area contributed by atoms with E-state index < -0.39 is 16.8 Å². The molecule has 0 saturated carbocycles. The summed E-state index contributed by atoms with van der Waals surface area (Å²) in [5, 5.41) is 21.1. The van der Waals surface area contributed by atoms with Crippen LogP contribution < -0.4 is 10.1 Å². The molecule has 0 unspecified atom stereocenters. The Bertz CT molecular complexity index is 917. The number of nitro groups is 1. The molecule has 128 valence electrons. The zero-order valence-electron chi connectivity index (χ0n) is 13.1. The van der Waals surface area contributed by atoms with Crippen LogP contribution in [0, 0.1) is 10.1 Å². The highest BCUT2D eigenvalue weighted by atomic mass is 16.6. The van der Waals surface area contributed by atoms with Gasteiger partial charge >= 0.3 is 5.95 Å². The van der Waals surface area contributed by atoms with Crippen LogP contribution in [0.25, 0.3) is 0 Å². The van der Waals surface area contributed by atoms with Gasteiger partial charge in [0.15, 0.2) is 12.4 Å². The van der Waals surface area contributed by atoms with Gasteiger partial charge in [0, 0.05) is 23.0 Å². The van der Waals surface area contributed by atoms with Crippen molar-refractivity contribution in [2.45, 2.75) is 6.67 Å².